The molecule has 0 saturated heterocycles. The molecule has 8 nitrogen and oxygen atoms in total. The van der Waals surface area contributed by atoms with Crippen molar-refractivity contribution >= 4 is 11.9 Å². The van der Waals surface area contributed by atoms with E-state index in [2.05, 4.69) is 20.4 Å². The zero-order valence-electron chi connectivity index (χ0n) is 15.5. The molecule has 0 aliphatic rings. The van der Waals surface area contributed by atoms with E-state index in [0.717, 1.165) is 17.7 Å². The fourth-order valence-corrected chi connectivity index (χ4v) is 2.87. The van der Waals surface area contributed by atoms with Crippen LogP contribution in [0.2, 0.25) is 0 Å². The van der Waals surface area contributed by atoms with Crippen molar-refractivity contribution in [3.63, 3.8) is 0 Å². The van der Waals surface area contributed by atoms with Crippen LogP contribution >= 0.6 is 0 Å². The van der Waals surface area contributed by atoms with E-state index in [4.69, 9.17) is 10.5 Å². The minimum absolute atomic E-state index is 0.112. The standard InChI is InChI=1S/C19H22N6O2/c1-4-14(16-8-9-21-25(16)2)22-18(26)13-7-5-6-12(10-13)15-11-17(27-3)24-19(20)23-15/h5-11,14H,4H2,1-3H3,(H,22,26)(H2,20,23,24)/t14-/m0/s1. The van der Waals surface area contributed by atoms with Gasteiger partial charge in [-0.3, -0.25) is 9.48 Å². The van der Waals surface area contributed by atoms with Crippen molar-refractivity contribution in [2.24, 2.45) is 7.05 Å². The summed E-state index contributed by atoms with van der Waals surface area (Å²) >= 11 is 0. The number of ether oxygens (including phenoxy) is 1. The van der Waals surface area contributed by atoms with Gasteiger partial charge in [-0.25, -0.2) is 4.98 Å². The molecule has 0 saturated carbocycles. The Hall–Kier alpha value is -3.42. The van der Waals surface area contributed by atoms with Crippen LogP contribution in [0.4, 0.5) is 5.95 Å². The zero-order valence-corrected chi connectivity index (χ0v) is 15.5. The summed E-state index contributed by atoms with van der Waals surface area (Å²) in [4.78, 5) is 21.0. The van der Waals surface area contributed by atoms with Gasteiger partial charge in [0.1, 0.15) is 0 Å². The second kappa shape index (κ2) is 7.86. The van der Waals surface area contributed by atoms with E-state index in [9.17, 15) is 4.79 Å². The highest BCUT2D eigenvalue weighted by atomic mass is 16.5. The van der Waals surface area contributed by atoms with E-state index in [1.807, 2.05) is 26.1 Å². The average molecular weight is 366 g/mol. The Kier molecular flexibility index (Phi) is 5.35. The summed E-state index contributed by atoms with van der Waals surface area (Å²) in [5.74, 6) is 0.315. The molecule has 8 heteroatoms. The van der Waals surface area contributed by atoms with E-state index in [0.29, 0.717) is 17.1 Å². The third kappa shape index (κ3) is 4.05. The fraction of sp³-hybridized carbons (Fsp3) is 0.263. The number of nitrogens with two attached hydrogens (primary N) is 1. The second-order valence-corrected chi connectivity index (χ2v) is 6.05. The number of nitrogens with zero attached hydrogens (tertiary/aromatic N) is 4. The van der Waals surface area contributed by atoms with Crippen molar-refractivity contribution in [3.05, 3.63) is 53.9 Å². The summed E-state index contributed by atoms with van der Waals surface area (Å²) in [6.07, 6.45) is 2.47. The van der Waals surface area contributed by atoms with Crippen LogP contribution in [-0.4, -0.2) is 32.8 Å². The number of hydrogen-bond donors (Lipinski definition) is 2. The third-order valence-corrected chi connectivity index (χ3v) is 4.28. The maximum Gasteiger partial charge on any atom is 0.251 e. The molecule has 1 atom stereocenters. The monoisotopic (exact) mass is 366 g/mol. The molecule has 0 radical (unpaired) electrons. The number of methoxy groups -OCH3 is 1. The van der Waals surface area contributed by atoms with Crippen molar-refractivity contribution in [1.82, 2.24) is 25.1 Å². The minimum atomic E-state index is -0.168. The highest BCUT2D eigenvalue weighted by Crippen LogP contribution is 2.23. The first-order chi connectivity index (χ1) is 13.0. The van der Waals surface area contributed by atoms with Gasteiger partial charge < -0.3 is 15.8 Å². The van der Waals surface area contributed by atoms with Crippen LogP contribution in [0.25, 0.3) is 11.3 Å². The second-order valence-electron chi connectivity index (χ2n) is 6.05. The number of aryl methyl sites for hydroxylation is 1. The molecular weight excluding hydrogens is 344 g/mol. The number of carbonyl (C=O) groups is 1. The molecule has 0 unspecified atom stereocenters. The van der Waals surface area contributed by atoms with Gasteiger partial charge in [-0.15, -0.1) is 0 Å². The van der Waals surface area contributed by atoms with Gasteiger partial charge in [0.2, 0.25) is 11.8 Å². The summed E-state index contributed by atoms with van der Waals surface area (Å²) in [5, 5.41) is 7.23. The van der Waals surface area contributed by atoms with Crippen LogP contribution in [0.15, 0.2) is 42.6 Å². The Morgan fingerprint density at radius 3 is 2.78 bits per heavy atom. The molecule has 0 aliphatic heterocycles. The van der Waals surface area contributed by atoms with Gasteiger partial charge in [-0.05, 0) is 24.6 Å². The van der Waals surface area contributed by atoms with E-state index in [1.54, 1.807) is 35.1 Å². The fourth-order valence-electron chi connectivity index (χ4n) is 2.87. The van der Waals surface area contributed by atoms with Gasteiger partial charge in [0, 0.05) is 30.4 Å². The number of nitrogen functional groups attached to an aromatic ring is 1. The van der Waals surface area contributed by atoms with Crippen molar-refractivity contribution in [2.45, 2.75) is 19.4 Å². The maximum absolute atomic E-state index is 12.8. The number of nitrogens with one attached hydrogen (secondary N) is 1. The van der Waals surface area contributed by atoms with E-state index < -0.39 is 0 Å². The molecule has 0 aliphatic carbocycles. The topological polar surface area (TPSA) is 108 Å². The molecule has 0 spiro atoms. The molecular formula is C19H22N6O2. The van der Waals surface area contributed by atoms with Crippen molar-refractivity contribution in [2.75, 3.05) is 12.8 Å². The highest BCUT2D eigenvalue weighted by molar-refractivity contribution is 5.95. The number of anilines is 1. The quantitative estimate of drug-likeness (QED) is 0.693. The van der Waals surface area contributed by atoms with Crippen molar-refractivity contribution < 1.29 is 9.53 Å². The van der Waals surface area contributed by atoms with Crippen LogP contribution in [-0.2, 0) is 7.05 Å². The van der Waals surface area contributed by atoms with Gasteiger partial charge >= 0.3 is 0 Å². The lowest BCUT2D eigenvalue weighted by molar-refractivity contribution is 0.0934. The third-order valence-electron chi connectivity index (χ3n) is 4.28. The van der Waals surface area contributed by atoms with Gasteiger partial charge in [0.25, 0.3) is 5.91 Å². The first-order valence-electron chi connectivity index (χ1n) is 8.59. The molecule has 3 rings (SSSR count). The lowest BCUT2D eigenvalue weighted by Gasteiger charge is -2.17. The molecule has 1 amide bonds. The van der Waals surface area contributed by atoms with Gasteiger partial charge in [0.15, 0.2) is 0 Å². The Bertz CT molecular complexity index is 953. The highest BCUT2D eigenvalue weighted by Gasteiger charge is 2.17. The number of amides is 1. The largest absolute Gasteiger partial charge is 0.481 e. The molecule has 140 valence electrons. The summed E-state index contributed by atoms with van der Waals surface area (Å²) in [6, 6.07) is 10.7. The lowest BCUT2D eigenvalue weighted by Crippen LogP contribution is -2.29. The van der Waals surface area contributed by atoms with Gasteiger partial charge in [0.05, 0.1) is 24.5 Å². The zero-order chi connectivity index (χ0) is 19.4. The van der Waals surface area contributed by atoms with Crippen LogP contribution in [0, 0.1) is 0 Å². The Balaban J connectivity index is 1.86. The van der Waals surface area contributed by atoms with E-state index in [1.165, 1.54) is 7.11 Å². The predicted molar refractivity (Wildman–Crippen MR) is 102 cm³/mol. The first kappa shape index (κ1) is 18.4. The Morgan fingerprint density at radius 2 is 2.11 bits per heavy atom. The van der Waals surface area contributed by atoms with Crippen LogP contribution in [0.3, 0.4) is 0 Å². The van der Waals surface area contributed by atoms with Crippen LogP contribution < -0.4 is 15.8 Å². The van der Waals surface area contributed by atoms with Crippen molar-refractivity contribution in [1.29, 1.82) is 0 Å². The Morgan fingerprint density at radius 1 is 1.30 bits per heavy atom. The number of rotatable bonds is 6. The summed E-state index contributed by atoms with van der Waals surface area (Å²) in [6.45, 7) is 2.02. The number of aromatic nitrogens is 4. The Labute approximate surface area is 157 Å². The first-order valence-corrected chi connectivity index (χ1v) is 8.59. The van der Waals surface area contributed by atoms with Crippen LogP contribution in [0.5, 0.6) is 5.88 Å². The summed E-state index contributed by atoms with van der Waals surface area (Å²) < 4.78 is 6.90. The smallest absolute Gasteiger partial charge is 0.251 e. The molecule has 2 heterocycles. The average Bonchev–Trinajstić information content (AvgIpc) is 3.11. The maximum atomic E-state index is 12.8. The molecule has 3 aromatic rings. The number of hydrogen-bond acceptors (Lipinski definition) is 6. The number of carbonyl (C=O) groups excluding carboxylic acids is 1. The predicted octanol–water partition coefficient (Wildman–Crippen LogP) is 2.35. The molecule has 3 N–H and O–H groups in total. The number of benzene rings is 1. The van der Waals surface area contributed by atoms with E-state index in [-0.39, 0.29) is 17.9 Å². The summed E-state index contributed by atoms with van der Waals surface area (Å²) in [7, 11) is 3.37. The molecule has 0 bridgehead atoms. The van der Waals surface area contributed by atoms with Crippen molar-refractivity contribution in [3.8, 4) is 17.1 Å². The minimum Gasteiger partial charge on any atom is -0.481 e. The van der Waals surface area contributed by atoms with Gasteiger partial charge in [-0.2, -0.15) is 10.1 Å². The normalized spacial score (nSPS) is 11.8. The molecule has 1 aromatic carbocycles. The molecule has 0 fully saturated rings. The lowest BCUT2D eigenvalue weighted by atomic mass is 10.1. The van der Waals surface area contributed by atoms with Crippen LogP contribution in [0.1, 0.15) is 35.4 Å². The van der Waals surface area contributed by atoms with Gasteiger partial charge in [-0.1, -0.05) is 19.1 Å². The van der Waals surface area contributed by atoms with E-state index >= 15 is 0 Å². The molecule has 2 aromatic heterocycles. The SMILES string of the molecule is CC[C@H](NC(=O)c1cccc(-c2cc(OC)nc(N)n2)c1)c1ccnn1C. The molecule has 27 heavy (non-hydrogen) atoms. The summed E-state index contributed by atoms with van der Waals surface area (Å²) in [5.41, 5.74) is 8.56.